The van der Waals surface area contributed by atoms with Gasteiger partial charge < -0.3 is 10.1 Å². The predicted molar refractivity (Wildman–Crippen MR) is 103 cm³/mol. The second-order valence-electron chi connectivity index (χ2n) is 6.56. The number of carbonyl (C=O) groups excluding carboxylic acids is 1. The lowest BCUT2D eigenvalue weighted by atomic mass is 10.1. The molecule has 0 heterocycles. The van der Waals surface area contributed by atoms with Crippen LogP contribution in [0, 0.1) is 34.1 Å². The van der Waals surface area contributed by atoms with Crippen molar-refractivity contribution in [2.45, 2.75) is 40.2 Å². The van der Waals surface area contributed by atoms with Crippen LogP contribution in [0.5, 0.6) is 11.5 Å². The Morgan fingerprint density at radius 1 is 1.04 bits per heavy atom. The molecule has 28 heavy (non-hydrogen) atoms. The molecule has 0 aliphatic carbocycles. The third-order valence-corrected chi connectivity index (χ3v) is 4.13. The lowest BCUT2D eigenvalue weighted by molar-refractivity contribution is -0.394. The molecule has 0 aliphatic rings. The van der Waals surface area contributed by atoms with Crippen LogP contribution in [0.15, 0.2) is 30.3 Å². The summed E-state index contributed by atoms with van der Waals surface area (Å²) in [6, 6.07) is 6.84. The second kappa shape index (κ2) is 8.47. The van der Waals surface area contributed by atoms with Crippen LogP contribution in [0.25, 0.3) is 0 Å². The van der Waals surface area contributed by atoms with Crippen molar-refractivity contribution in [3.63, 3.8) is 0 Å². The molecule has 0 saturated carbocycles. The number of nitro groups is 2. The summed E-state index contributed by atoms with van der Waals surface area (Å²) in [5.74, 6) is -0.598. The average Bonchev–Trinajstić information content (AvgIpc) is 2.59. The first-order valence-corrected chi connectivity index (χ1v) is 8.66. The normalized spacial score (nSPS) is 11.6. The standard InChI is InChI=1S/C19H21N3O6/c1-5-13(4)20-19(23)15-9-18(17(22(26)27)10-16(15)21(24)25)28-14-7-11(2)6-12(3)8-14/h6-10,13H,5H2,1-4H3,(H,20,23)/t13-/m0/s1. The van der Waals surface area contributed by atoms with Crippen molar-refractivity contribution in [3.8, 4) is 11.5 Å². The first kappa shape index (κ1) is 20.8. The minimum Gasteiger partial charge on any atom is -0.450 e. The van der Waals surface area contributed by atoms with E-state index in [4.69, 9.17) is 4.74 Å². The molecule has 0 fully saturated rings. The van der Waals surface area contributed by atoms with Gasteiger partial charge in [-0.3, -0.25) is 25.0 Å². The number of rotatable bonds is 7. The highest BCUT2D eigenvalue weighted by Gasteiger charge is 2.29. The van der Waals surface area contributed by atoms with Crippen LogP contribution < -0.4 is 10.1 Å². The SMILES string of the molecule is CC[C@H](C)NC(=O)c1cc(Oc2cc(C)cc(C)c2)c([N+](=O)[O-])cc1[N+](=O)[O-]. The van der Waals surface area contributed by atoms with Gasteiger partial charge in [0.1, 0.15) is 11.3 Å². The lowest BCUT2D eigenvalue weighted by Crippen LogP contribution is -2.32. The number of ether oxygens (including phenoxy) is 1. The lowest BCUT2D eigenvalue weighted by Gasteiger charge is -2.13. The largest absolute Gasteiger partial charge is 0.450 e. The zero-order chi connectivity index (χ0) is 21.0. The van der Waals surface area contributed by atoms with Gasteiger partial charge in [0.2, 0.25) is 5.75 Å². The van der Waals surface area contributed by atoms with Crippen molar-refractivity contribution in [3.05, 3.63) is 67.3 Å². The molecule has 0 radical (unpaired) electrons. The van der Waals surface area contributed by atoms with Gasteiger partial charge in [0.15, 0.2) is 0 Å². The highest BCUT2D eigenvalue weighted by Crippen LogP contribution is 2.37. The fourth-order valence-corrected chi connectivity index (χ4v) is 2.64. The summed E-state index contributed by atoms with van der Waals surface area (Å²) in [4.78, 5) is 33.7. The van der Waals surface area contributed by atoms with Crippen LogP contribution in [-0.4, -0.2) is 21.8 Å². The fourth-order valence-electron chi connectivity index (χ4n) is 2.64. The zero-order valence-corrected chi connectivity index (χ0v) is 16.0. The van der Waals surface area contributed by atoms with Crippen LogP contribution >= 0.6 is 0 Å². The summed E-state index contributed by atoms with van der Waals surface area (Å²) in [5, 5.41) is 25.4. The second-order valence-corrected chi connectivity index (χ2v) is 6.56. The molecule has 0 unspecified atom stereocenters. The van der Waals surface area contributed by atoms with Gasteiger partial charge in [0.05, 0.1) is 15.9 Å². The number of nitro benzene ring substituents is 2. The monoisotopic (exact) mass is 387 g/mol. The summed E-state index contributed by atoms with van der Waals surface area (Å²) in [7, 11) is 0. The highest BCUT2D eigenvalue weighted by molar-refractivity contribution is 5.99. The van der Waals surface area contributed by atoms with Crippen molar-refractivity contribution in [2.24, 2.45) is 0 Å². The van der Waals surface area contributed by atoms with Gasteiger partial charge in [-0.1, -0.05) is 13.0 Å². The number of carbonyl (C=O) groups is 1. The van der Waals surface area contributed by atoms with Gasteiger partial charge in [-0.15, -0.1) is 0 Å². The molecule has 2 rings (SSSR count). The Morgan fingerprint density at radius 2 is 1.61 bits per heavy atom. The van der Waals surface area contributed by atoms with Gasteiger partial charge in [0, 0.05) is 12.1 Å². The third-order valence-electron chi connectivity index (χ3n) is 4.13. The Morgan fingerprint density at radius 3 is 2.11 bits per heavy atom. The number of nitrogens with one attached hydrogen (secondary N) is 1. The molecule has 9 nitrogen and oxygen atoms in total. The number of amides is 1. The zero-order valence-electron chi connectivity index (χ0n) is 16.0. The summed E-state index contributed by atoms with van der Waals surface area (Å²) in [5.41, 5.74) is 0.227. The maximum Gasteiger partial charge on any atom is 0.318 e. The minimum atomic E-state index is -0.820. The molecule has 0 spiro atoms. The quantitative estimate of drug-likeness (QED) is 0.553. The number of aryl methyl sites for hydroxylation is 2. The molecule has 1 amide bonds. The first-order chi connectivity index (χ1) is 13.1. The van der Waals surface area contributed by atoms with E-state index in [9.17, 15) is 25.0 Å². The predicted octanol–water partition coefficient (Wildman–Crippen LogP) is 4.44. The fraction of sp³-hybridized carbons (Fsp3) is 0.316. The van der Waals surface area contributed by atoms with E-state index in [1.54, 1.807) is 19.1 Å². The van der Waals surface area contributed by atoms with E-state index in [1.807, 2.05) is 26.8 Å². The van der Waals surface area contributed by atoms with E-state index in [1.165, 1.54) is 0 Å². The maximum atomic E-state index is 12.5. The third kappa shape index (κ3) is 4.81. The number of nitrogens with zero attached hydrogens (tertiary/aromatic N) is 2. The molecule has 9 heteroatoms. The van der Waals surface area contributed by atoms with E-state index in [-0.39, 0.29) is 17.4 Å². The molecule has 0 saturated heterocycles. The van der Waals surface area contributed by atoms with Gasteiger partial charge in [-0.25, -0.2) is 0 Å². The minimum absolute atomic E-state index is 0.217. The van der Waals surface area contributed by atoms with Crippen LogP contribution in [0.1, 0.15) is 41.8 Å². The molecule has 2 aromatic carbocycles. The topological polar surface area (TPSA) is 125 Å². The molecule has 0 aromatic heterocycles. The van der Waals surface area contributed by atoms with Gasteiger partial charge in [-0.2, -0.15) is 0 Å². The van der Waals surface area contributed by atoms with Crippen LogP contribution in [-0.2, 0) is 0 Å². The van der Waals surface area contributed by atoms with Crippen molar-refractivity contribution in [1.82, 2.24) is 5.32 Å². The van der Waals surface area contributed by atoms with Gasteiger partial charge in [-0.05, 0) is 50.5 Å². The number of hydrogen-bond donors (Lipinski definition) is 1. The molecule has 1 N–H and O–H groups in total. The Labute approximate surface area is 161 Å². The van der Waals surface area contributed by atoms with E-state index < -0.39 is 27.1 Å². The maximum absolute atomic E-state index is 12.5. The summed E-state index contributed by atoms with van der Waals surface area (Å²) in [6.45, 7) is 7.29. The summed E-state index contributed by atoms with van der Waals surface area (Å²) < 4.78 is 5.65. The van der Waals surface area contributed by atoms with Gasteiger partial charge in [0.25, 0.3) is 11.6 Å². The van der Waals surface area contributed by atoms with Crippen LogP contribution in [0.3, 0.4) is 0 Å². The molecule has 148 valence electrons. The molecule has 0 aliphatic heterocycles. The molecule has 0 bridgehead atoms. The average molecular weight is 387 g/mol. The van der Waals surface area contributed by atoms with Crippen LogP contribution in [0.2, 0.25) is 0 Å². The van der Waals surface area contributed by atoms with E-state index in [2.05, 4.69) is 5.32 Å². The Balaban J connectivity index is 2.59. The van der Waals surface area contributed by atoms with Crippen molar-refractivity contribution in [1.29, 1.82) is 0 Å². The van der Waals surface area contributed by atoms with Gasteiger partial charge >= 0.3 is 5.69 Å². The molecular formula is C19H21N3O6. The van der Waals surface area contributed by atoms with E-state index in [0.717, 1.165) is 23.3 Å². The Hall–Kier alpha value is -3.49. The first-order valence-electron chi connectivity index (χ1n) is 8.66. The molecule has 1 atom stereocenters. The number of hydrogen-bond acceptors (Lipinski definition) is 6. The smallest absolute Gasteiger partial charge is 0.318 e. The van der Waals surface area contributed by atoms with Crippen molar-refractivity contribution >= 4 is 17.3 Å². The van der Waals surface area contributed by atoms with E-state index >= 15 is 0 Å². The number of benzene rings is 2. The highest BCUT2D eigenvalue weighted by atomic mass is 16.6. The summed E-state index contributed by atoms with van der Waals surface area (Å²) in [6.07, 6.45) is 0.623. The Kier molecular flexibility index (Phi) is 6.29. The Bertz CT molecular complexity index is 921. The van der Waals surface area contributed by atoms with E-state index in [0.29, 0.717) is 12.2 Å². The molecular weight excluding hydrogens is 366 g/mol. The summed E-state index contributed by atoms with van der Waals surface area (Å²) >= 11 is 0. The van der Waals surface area contributed by atoms with Crippen molar-refractivity contribution < 1.29 is 19.4 Å². The van der Waals surface area contributed by atoms with Crippen molar-refractivity contribution in [2.75, 3.05) is 0 Å². The molecule has 2 aromatic rings. The van der Waals surface area contributed by atoms with Crippen LogP contribution in [0.4, 0.5) is 11.4 Å².